The van der Waals surface area contributed by atoms with Crippen molar-refractivity contribution in [3.63, 3.8) is 0 Å². The molecule has 2 aliphatic rings. The summed E-state index contributed by atoms with van der Waals surface area (Å²) in [6.45, 7) is 1.19. The number of rotatable bonds is 3. The Balaban J connectivity index is 1.66. The third kappa shape index (κ3) is 2.54. The van der Waals surface area contributed by atoms with Gasteiger partial charge in [0.15, 0.2) is 11.5 Å². The molecule has 96 valence electrons. The van der Waals surface area contributed by atoms with Crippen LogP contribution in [0.2, 0.25) is 0 Å². The molecule has 1 N–H and O–H groups in total. The molecule has 1 unspecified atom stereocenters. The van der Waals surface area contributed by atoms with E-state index in [2.05, 4.69) is 45.5 Å². The van der Waals surface area contributed by atoms with Gasteiger partial charge in [-0.05, 0) is 52.9 Å². The molecule has 3 nitrogen and oxygen atoms in total. The highest BCUT2D eigenvalue weighted by atomic mass is 79.9. The normalized spacial score (nSPS) is 21.3. The predicted octanol–water partition coefficient (Wildman–Crippen LogP) is 3.38. The van der Waals surface area contributed by atoms with E-state index in [0.29, 0.717) is 12.8 Å². The van der Waals surface area contributed by atoms with E-state index in [4.69, 9.17) is 9.47 Å². The van der Waals surface area contributed by atoms with Crippen LogP contribution in [0.4, 0.5) is 0 Å². The molecule has 0 saturated heterocycles. The highest BCUT2D eigenvalue weighted by Gasteiger charge is 2.18. The zero-order valence-corrected chi connectivity index (χ0v) is 11.7. The predicted molar refractivity (Wildman–Crippen MR) is 73.9 cm³/mol. The highest BCUT2D eigenvalue weighted by Crippen LogP contribution is 2.39. The first-order valence-electron chi connectivity index (χ1n) is 6.29. The summed E-state index contributed by atoms with van der Waals surface area (Å²) < 4.78 is 11.8. The lowest BCUT2D eigenvalue weighted by atomic mass is 10.0. The van der Waals surface area contributed by atoms with Gasteiger partial charge in [-0.1, -0.05) is 12.2 Å². The molecular formula is C14H16BrNO2. The van der Waals surface area contributed by atoms with E-state index in [1.165, 1.54) is 18.4 Å². The van der Waals surface area contributed by atoms with Crippen LogP contribution in [-0.2, 0) is 6.54 Å². The van der Waals surface area contributed by atoms with Crippen molar-refractivity contribution in [1.29, 1.82) is 0 Å². The van der Waals surface area contributed by atoms with E-state index in [1.54, 1.807) is 0 Å². The quantitative estimate of drug-likeness (QED) is 0.868. The summed E-state index contributed by atoms with van der Waals surface area (Å²) in [7, 11) is 0. The van der Waals surface area contributed by atoms with Gasteiger partial charge in [-0.3, -0.25) is 0 Å². The summed E-state index contributed by atoms with van der Waals surface area (Å²) in [6.07, 6.45) is 8.06. The summed E-state index contributed by atoms with van der Waals surface area (Å²) in [6, 6.07) is 4.75. The minimum Gasteiger partial charge on any atom is -0.454 e. The first-order chi connectivity index (χ1) is 8.83. The first-order valence-corrected chi connectivity index (χ1v) is 7.08. The van der Waals surface area contributed by atoms with E-state index in [-0.39, 0.29) is 0 Å². The van der Waals surface area contributed by atoms with E-state index < -0.39 is 0 Å². The van der Waals surface area contributed by atoms with Crippen LogP contribution in [0.15, 0.2) is 28.8 Å². The summed E-state index contributed by atoms with van der Waals surface area (Å²) in [5.74, 6) is 1.66. The maximum absolute atomic E-state index is 5.42. The summed E-state index contributed by atoms with van der Waals surface area (Å²) in [5, 5.41) is 3.59. The van der Waals surface area contributed by atoms with Gasteiger partial charge in [0.25, 0.3) is 0 Å². The van der Waals surface area contributed by atoms with Crippen molar-refractivity contribution in [2.45, 2.75) is 31.8 Å². The number of hydrogen-bond donors (Lipinski definition) is 1. The summed E-state index contributed by atoms with van der Waals surface area (Å²) in [4.78, 5) is 0. The van der Waals surface area contributed by atoms with Crippen molar-refractivity contribution in [2.75, 3.05) is 6.79 Å². The van der Waals surface area contributed by atoms with Gasteiger partial charge in [0.1, 0.15) is 0 Å². The topological polar surface area (TPSA) is 30.5 Å². The molecule has 1 aromatic carbocycles. The van der Waals surface area contributed by atoms with Crippen LogP contribution in [0.3, 0.4) is 0 Å². The van der Waals surface area contributed by atoms with Gasteiger partial charge < -0.3 is 14.8 Å². The summed E-state index contributed by atoms with van der Waals surface area (Å²) >= 11 is 3.52. The van der Waals surface area contributed by atoms with Gasteiger partial charge in [0.2, 0.25) is 6.79 Å². The van der Waals surface area contributed by atoms with Crippen LogP contribution in [-0.4, -0.2) is 12.8 Å². The fourth-order valence-electron chi connectivity index (χ4n) is 2.36. The molecular weight excluding hydrogens is 294 g/mol. The molecule has 0 spiro atoms. The van der Waals surface area contributed by atoms with Crippen molar-refractivity contribution in [3.05, 3.63) is 34.3 Å². The maximum Gasteiger partial charge on any atom is 0.231 e. The summed E-state index contributed by atoms with van der Waals surface area (Å²) in [5.41, 5.74) is 1.22. The molecule has 0 radical (unpaired) electrons. The second-order valence-corrected chi connectivity index (χ2v) is 5.53. The Kier molecular flexibility index (Phi) is 3.57. The number of ether oxygens (including phenoxy) is 2. The smallest absolute Gasteiger partial charge is 0.231 e. The second kappa shape index (κ2) is 5.33. The van der Waals surface area contributed by atoms with Gasteiger partial charge in [-0.2, -0.15) is 0 Å². The van der Waals surface area contributed by atoms with Crippen LogP contribution in [0.25, 0.3) is 0 Å². The molecule has 1 aliphatic carbocycles. The fraction of sp³-hybridized carbons (Fsp3) is 0.429. The Morgan fingerprint density at radius 3 is 3.06 bits per heavy atom. The Bertz CT molecular complexity index is 473. The minimum atomic E-state index is 0.318. The van der Waals surface area contributed by atoms with Crippen molar-refractivity contribution in [2.24, 2.45) is 0 Å². The van der Waals surface area contributed by atoms with Crippen LogP contribution in [0, 0.1) is 0 Å². The van der Waals surface area contributed by atoms with Crippen molar-refractivity contribution < 1.29 is 9.47 Å². The van der Waals surface area contributed by atoms with Crippen LogP contribution >= 0.6 is 15.9 Å². The lowest BCUT2D eigenvalue weighted by Gasteiger charge is -2.19. The molecule has 18 heavy (non-hydrogen) atoms. The number of nitrogens with one attached hydrogen (secondary N) is 1. The molecule has 4 heteroatoms. The molecule has 0 bridgehead atoms. The lowest BCUT2D eigenvalue weighted by molar-refractivity contribution is 0.173. The van der Waals surface area contributed by atoms with Crippen molar-refractivity contribution >= 4 is 15.9 Å². The Morgan fingerprint density at radius 1 is 1.28 bits per heavy atom. The number of halogens is 1. The molecule has 1 atom stereocenters. The molecule has 1 aromatic rings. The molecule has 0 saturated carbocycles. The second-order valence-electron chi connectivity index (χ2n) is 4.67. The molecule has 0 amide bonds. The van der Waals surface area contributed by atoms with Crippen molar-refractivity contribution in [1.82, 2.24) is 5.32 Å². The molecule has 1 heterocycles. The zero-order chi connectivity index (χ0) is 12.4. The molecule has 0 fully saturated rings. The van der Waals surface area contributed by atoms with E-state index >= 15 is 0 Å². The molecule has 0 aromatic heterocycles. The van der Waals surface area contributed by atoms with Crippen LogP contribution < -0.4 is 14.8 Å². The third-order valence-electron chi connectivity index (χ3n) is 3.35. The van der Waals surface area contributed by atoms with E-state index in [9.17, 15) is 0 Å². The Labute approximate surface area is 115 Å². The Morgan fingerprint density at radius 2 is 2.22 bits per heavy atom. The van der Waals surface area contributed by atoms with Crippen LogP contribution in [0.5, 0.6) is 11.5 Å². The van der Waals surface area contributed by atoms with Gasteiger partial charge in [-0.25, -0.2) is 0 Å². The van der Waals surface area contributed by atoms with E-state index in [0.717, 1.165) is 28.9 Å². The number of hydrogen-bond acceptors (Lipinski definition) is 3. The monoisotopic (exact) mass is 309 g/mol. The average molecular weight is 310 g/mol. The molecule has 3 rings (SSSR count). The number of allylic oxidation sites excluding steroid dienone is 1. The van der Waals surface area contributed by atoms with Gasteiger partial charge in [0, 0.05) is 12.6 Å². The fourth-order valence-corrected chi connectivity index (χ4v) is 2.97. The van der Waals surface area contributed by atoms with Crippen molar-refractivity contribution in [3.8, 4) is 11.5 Å². The third-order valence-corrected chi connectivity index (χ3v) is 3.94. The average Bonchev–Trinajstić information content (AvgIpc) is 2.86. The highest BCUT2D eigenvalue weighted by molar-refractivity contribution is 9.10. The van der Waals surface area contributed by atoms with Gasteiger partial charge >= 0.3 is 0 Å². The number of benzene rings is 1. The standard InChI is InChI=1S/C14H16BrNO2/c15-12-6-10(7-13-14(12)18-9-17-13)8-16-11-4-2-1-3-5-11/h1-2,6-7,11,16H,3-5,8-9H2. The Hall–Kier alpha value is -1.00. The lowest BCUT2D eigenvalue weighted by Crippen LogP contribution is -2.29. The minimum absolute atomic E-state index is 0.318. The number of fused-ring (bicyclic) bond motifs is 1. The largest absolute Gasteiger partial charge is 0.454 e. The SMILES string of the molecule is Brc1cc(CNC2CC=CCC2)cc2c1OCO2. The van der Waals surface area contributed by atoms with Gasteiger partial charge in [-0.15, -0.1) is 0 Å². The van der Waals surface area contributed by atoms with E-state index in [1.807, 2.05) is 0 Å². The molecule has 1 aliphatic heterocycles. The zero-order valence-electron chi connectivity index (χ0n) is 10.1. The first kappa shape index (κ1) is 12.1. The maximum atomic E-state index is 5.42. The van der Waals surface area contributed by atoms with Gasteiger partial charge in [0.05, 0.1) is 4.47 Å². The van der Waals surface area contributed by atoms with Crippen LogP contribution in [0.1, 0.15) is 24.8 Å².